The van der Waals surface area contributed by atoms with Crippen LogP contribution in [0, 0.1) is 0 Å². The van der Waals surface area contributed by atoms with Gasteiger partial charge in [0.1, 0.15) is 6.61 Å². The minimum Gasteiger partial charge on any atom is -0.367 e. The number of ether oxygens (including phenoxy) is 1. The van der Waals surface area contributed by atoms with Crippen LogP contribution in [0.5, 0.6) is 0 Å². The molecule has 0 bridgehead atoms. The Hall–Kier alpha value is -2.02. The molecule has 2 fully saturated rings. The molecule has 4 rings (SSSR count). The van der Waals surface area contributed by atoms with E-state index in [0.29, 0.717) is 30.3 Å². The number of benzene rings is 2. The molecule has 2 aliphatic rings. The third kappa shape index (κ3) is 4.66. The molecule has 7 heteroatoms. The van der Waals surface area contributed by atoms with E-state index < -0.39 is 0 Å². The van der Waals surface area contributed by atoms with Crippen LogP contribution in [0.1, 0.15) is 28.8 Å². The number of hydrogen-bond donors (Lipinski definition) is 0. The molecule has 0 aliphatic carbocycles. The van der Waals surface area contributed by atoms with Crippen molar-refractivity contribution >= 4 is 35.2 Å². The Balaban J connectivity index is 1.32. The van der Waals surface area contributed by atoms with Crippen molar-refractivity contribution in [3.05, 3.63) is 70.7 Å². The smallest absolute Gasteiger partial charge is 0.255 e. The highest BCUT2D eigenvalue weighted by molar-refractivity contribution is 8.00. The maximum Gasteiger partial charge on any atom is 0.255 e. The quantitative estimate of drug-likeness (QED) is 0.697. The molecule has 2 amide bonds. The predicted molar refractivity (Wildman–Crippen MR) is 120 cm³/mol. The average molecular weight is 445 g/mol. The molecule has 0 aromatic heterocycles. The third-order valence-electron chi connectivity index (χ3n) is 5.73. The van der Waals surface area contributed by atoms with Crippen molar-refractivity contribution in [3.8, 4) is 0 Å². The summed E-state index contributed by atoms with van der Waals surface area (Å²) in [4.78, 5) is 29.3. The Labute approximate surface area is 186 Å². The van der Waals surface area contributed by atoms with Crippen molar-refractivity contribution in [2.24, 2.45) is 0 Å². The fourth-order valence-corrected chi connectivity index (χ4v) is 5.76. The van der Waals surface area contributed by atoms with Gasteiger partial charge in [0.15, 0.2) is 0 Å². The lowest BCUT2D eigenvalue weighted by atomic mass is 10.0. The molecule has 0 saturated carbocycles. The summed E-state index contributed by atoms with van der Waals surface area (Å²) in [7, 11) is 0. The maximum atomic E-state index is 13.1. The fourth-order valence-electron chi connectivity index (χ4n) is 4.11. The summed E-state index contributed by atoms with van der Waals surface area (Å²) in [5, 5.41) is 0.567. The summed E-state index contributed by atoms with van der Waals surface area (Å²) >= 11 is 7.91. The number of thioether (sulfide) groups is 1. The number of halogens is 1. The summed E-state index contributed by atoms with van der Waals surface area (Å²) in [6.07, 6.45) is 1.54. The van der Waals surface area contributed by atoms with Crippen LogP contribution in [0.2, 0.25) is 5.02 Å². The van der Waals surface area contributed by atoms with Crippen molar-refractivity contribution in [2.45, 2.75) is 24.3 Å². The van der Waals surface area contributed by atoms with Gasteiger partial charge in [-0.2, -0.15) is 0 Å². The van der Waals surface area contributed by atoms with E-state index in [4.69, 9.17) is 16.3 Å². The monoisotopic (exact) mass is 444 g/mol. The van der Waals surface area contributed by atoms with Gasteiger partial charge in [0.25, 0.3) is 5.91 Å². The molecule has 2 heterocycles. The topological polar surface area (TPSA) is 49.9 Å². The molecule has 30 heavy (non-hydrogen) atoms. The first-order valence-electron chi connectivity index (χ1n) is 10.2. The van der Waals surface area contributed by atoms with Gasteiger partial charge >= 0.3 is 0 Å². The van der Waals surface area contributed by atoms with Gasteiger partial charge in [-0.25, -0.2) is 0 Å². The van der Waals surface area contributed by atoms with E-state index in [9.17, 15) is 9.59 Å². The van der Waals surface area contributed by atoms with E-state index in [1.54, 1.807) is 12.1 Å². The molecular formula is C23H25ClN2O3S. The van der Waals surface area contributed by atoms with Crippen LogP contribution in [-0.4, -0.2) is 58.5 Å². The highest BCUT2D eigenvalue weighted by Crippen LogP contribution is 2.44. The second kappa shape index (κ2) is 9.41. The molecule has 5 nitrogen and oxygen atoms in total. The fraction of sp³-hybridized carbons (Fsp3) is 0.391. The van der Waals surface area contributed by atoms with Crippen molar-refractivity contribution < 1.29 is 14.3 Å². The first-order valence-corrected chi connectivity index (χ1v) is 11.5. The Morgan fingerprint density at radius 3 is 2.53 bits per heavy atom. The van der Waals surface area contributed by atoms with Crippen LogP contribution >= 0.6 is 23.4 Å². The maximum absolute atomic E-state index is 13.1. The summed E-state index contributed by atoms with van der Waals surface area (Å²) < 4.78 is 5.61. The first-order chi connectivity index (χ1) is 14.6. The van der Waals surface area contributed by atoms with E-state index >= 15 is 0 Å². The molecule has 1 spiro atoms. The van der Waals surface area contributed by atoms with Gasteiger partial charge in [-0.05, 0) is 36.6 Å². The lowest BCUT2D eigenvalue weighted by Crippen LogP contribution is -2.54. The predicted octanol–water partition coefficient (Wildman–Crippen LogP) is 4.06. The SMILES string of the molecule is O=C(COCc1ccccc1)N1CCC2(CC1)SCCN2C(=O)c1cccc(Cl)c1. The summed E-state index contributed by atoms with van der Waals surface area (Å²) in [5.41, 5.74) is 1.68. The number of piperidine rings is 1. The van der Waals surface area contributed by atoms with E-state index in [1.807, 2.05) is 64.0 Å². The van der Waals surface area contributed by atoms with Gasteiger partial charge in [-0.1, -0.05) is 48.0 Å². The molecule has 2 aliphatic heterocycles. The van der Waals surface area contributed by atoms with E-state index in [-0.39, 0.29) is 23.3 Å². The molecule has 0 unspecified atom stereocenters. The lowest BCUT2D eigenvalue weighted by Gasteiger charge is -2.44. The zero-order valence-corrected chi connectivity index (χ0v) is 18.3. The molecule has 158 valence electrons. The van der Waals surface area contributed by atoms with Crippen LogP contribution in [0.15, 0.2) is 54.6 Å². The van der Waals surface area contributed by atoms with Crippen molar-refractivity contribution in [3.63, 3.8) is 0 Å². The van der Waals surface area contributed by atoms with E-state index in [0.717, 1.165) is 30.7 Å². The Morgan fingerprint density at radius 2 is 1.80 bits per heavy atom. The minimum atomic E-state index is -0.235. The number of amides is 2. The lowest BCUT2D eigenvalue weighted by molar-refractivity contribution is -0.138. The highest BCUT2D eigenvalue weighted by Gasteiger charge is 2.47. The summed E-state index contributed by atoms with van der Waals surface area (Å²) in [6.45, 7) is 2.52. The van der Waals surface area contributed by atoms with Gasteiger partial charge in [-0.15, -0.1) is 11.8 Å². The van der Waals surface area contributed by atoms with Crippen molar-refractivity contribution in [1.82, 2.24) is 9.80 Å². The van der Waals surface area contributed by atoms with Crippen LogP contribution in [-0.2, 0) is 16.1 Å². The molecule has 0 atom stereocenters. The van der Waals surface area contributed by atoms with E-state index in [1.165, 1.54) is 0 Å². The Kier molecular flexibility index (Phi) is 6.66. The molecule has 2 aromatic rings. The van der Waals surface area contributed by atoms with Gasteiger partial charge in [-0.3, -0.25) is 9.59 Å². The number of rotatable bonds is 5. The summed E-state index contributed by atoms with van der Waals surface area (Å²) in [6, 6.07) is 17.0. The van der Waals surface area contributed by atoms with Crippen LogP contribution in [0.4, 0.5) is 0 Å². The van der Waals surface area contributed by atoms with Crippen LogP contribution < -0.4 is 0 Å². The van der Waals surface area contributed by atoms with Gasteiger partial charge in [0.05, 0.1) is 11.5 Å². The van der Waals surface area contributed by atoms with Crippen LogP contribution in [0.3, 0.4) is 0 Å². The number of likely N-dealkylation sites (tertiary alicyclic amines) is 1. The standard InChI is InChI=1S/C23H25ClN2O3S/c24-20-8-4-7-19(15-20)22(28)26-13-14-30-23(26)9-11-25(12-10-23)21(27)17-29-16-18-5-2-1-3-6-18/h1-8,15H,9-14,16-17H2. The molecular weight excluding hydrogens is 420 g/mol. The largest absolute Gasteiger partial charge is 0.367 e. The van der Waals surface area contributed by atoms with Crippen LogP contribution in [0.25, 0.3) is 0 Å². The second-order valence-electron chi connectivity index (χ2n) is 7.62. The average Bonchev–Trinajstić information content (AvgIpc) is 3.17. The molecule has 2 aromatic carbocycles. The highest BCUT2D eigenvalue weighted by atomic mass is 35.5. The number of carbonyl (C=O) groups excluding carboxylic acids is 2. The van der Waals surface area contributed by atoms with Crippen molar-refractivity contribution in [2.75, 3.05) is 32.0 Å². The Morgan fingerprint density at radius 1 is 1.03 bits per heavy atom. The zero-order valence-electron chi connectivity index (χ0n) is 16.8. The van der Waals surface area contributed by atoms with Gasteiger partial charge in [0, 0.05) is 36.0 Å². The van der Waals surface area contributed by atoms with Crippen molar-refractivity contribution in [1.29, 1.82) is 0 Å². The zero-order chi connectivity index (χ0) is 21.0. The van der Waals surface area contributed by atoms with E-state index in [2.05, 4.69) is 0 Å². The molecule has 0 N–H and O–H groups in total. The number of carbonyl (C=O) groups is 2. The van der Waals surface area contributed by atoms with Gasteiger partial charge < -0.3 is 14.5 Å². The third-order valence-corrected chi connectivity index (χ3v) is 7.52. The first kappa shape index (κ1) is 21.2. The second-order valence-corrected chi connectivity index (χ2v) is 9.51. The Bertz CT molecular complexity index is 900. The normalized spacial score (nSPS) is 18.0. The van der Waals surface area contributed by atoms with Gasteiger partial charge in [0.2, 0.25) is 5.91 Å². The minimum absolute atomic E-state index is 0.0106. The summed E-state index contributed by atoms with van der Waals surface area (Å²) in [5.74, 6) is 0.949. The number of nitrogens with zero attached hydrogens (tertiary/aromatic N) is 2. The number of hydrogen-bond acceptors (Lipinski definition) is 4. The molecule has 2 saturated heterocycles. The molecule has 0 radical (unpaired) electrons.